The lowest BCUT2D eigenvalue weighted by Crippen LogP contribution is -2.51. The van der Waals surface area contributed by atoms with Crippen LogP contribution in [0.15, 0.2) is 42.7 Å². The normalized spacial score (nSPS) is 19.1. The number of amides is 4. The number of fused-ring (bicyclic) bond motifs is 1. The van der Waals surface area contributed by atoms with Crippen LogP contribution >= 0.6 is 11.6 Å². The van der Waals surface area contributed by atoms with Gasteiger partial charge >= 0.3 is 6.09 Å². The Morgan fingerprint density at radius 3 is 2.21 bits per heavy atom. The number of likely N-dealkylation sites (tertiary alicyclic amines) is 1. The summed E-state index contributed by atoms with van der Waals surface area (Å²) in [5, 5.41) is 7.09. The summed E-state index contributed by atoms with van der Waals surface area (Å²) in [5.41, 5.74) is 1.23. The van der Waals surface area contributed by atoms with E-state index in [4.69, 9.17) is 21.1 Å². The fraction of sp³-hybridized carbons (Fsp3) is 0.450. The lowest BCUT2D eigenvalue weighted by Gasteiger charge is -2.35. The number of nitrogens with zero attached hydrogens (tertiary/aromatic N) is 7. The van der Waals surface area contributed by atoms with Crippen molar-refractivity contribution in [3.05, 3.63) is 76.5 Å². The number of aromatic nitrogens is 4. The van der Waals surface area contributed by atoms with Gasteiger partial charge in [0, 0.05) is 87.4 Å². The van der Waals surface area contributed by atoms with Gasteiger partial charge in [-0.3, -0.25) is 19.1 Å². The maximum absolute atomic E-state index is 15.6. The van der Waals surface area contributed by atoms with Crippen LogP contribution in [0.1, 0.15) is 47.4 Å². The number of nitrogens with one attached hydrogen (secondary N) is 1. The molecule has 14 nitrogen and oxygen atoms in total. The molecule has 3 fully saturated rings. The van der Waals surface area contributed by atoms with E-state index in [-0.39, 0.29) is 68.9 Å². The predicted molar refractivity (Wildman–Crippen MR) is 207 cm³/mol. The Bertz CT molecular complexity index is 2230. The topological polar surface area (TPSA) is 144 Å². The van der Waals surface area contributed by atoms with E-state index in [1.54, 1.807) is 39.5 Å². The van der Waals surface area contributed by atoms with Gasteiger partial charge in [-0.1, -0.05) is 17.7 Å². The summed E-state index contributed by atoms with van der Waals surface area (Å²) < 4.78 is 44.6. The number of halogens is 3. The van der Waals surface area contributed by atoms with Gasteiger partial charge in [-0.05, 0) is 63.8 Å². The van der Waals surface area contributed by atoms with E-state index in [9.17, 15) is 19.2 Å². The highest BCUT2D eigenvalue weighted by atomic mass is 35.5. The van der Waals surface area contributed by atoms with E-state index in [1.165, 1.54) is 48.3 Å². The summed E-state index contributed by atoms with van der Waals surface area (Å²) in [6.07, 6.45) is 2.42. The number of piperidine rings is 1. The predicted octanol–water partition coefficient (Wildman–Crippen LogP) is 5.49. The van der Waals surface area contributed by atoms with Crippen LogP contribution in [0.4, 0.5) is 19.3 Å². The van der Waals surface area contributed by atoms with Crippen LogP contribution in [-0.2, 0) is 27.9 Å². The minimum absolute atomic E-state index is 0.0555. The fourth-order valence-electron chi connectivity index (χ4n) is 7.77. The van der Waals surface area contributed by atoms with Crippen molar-refractivity contribution in [2.24, 2.45) is 24.8 Å². The number of hydrogen-bond donors (Lipinski definition) is 1. The summed E-state index contributed by atoms with van der Waals surface area (Å²) in [7, 11) is 3.09. The summed E-state index contributed by atoms with van der Waals surface area (Å²) >= 11 is 6.55. The highest BCUT2D eigenvalue weighted by Gasteiger charge is 2.61. The van der Waals surface area contributed by atoms with E-state index in [1.807, 2.05) is 20.8 Å². The number of rotatable bonds is 9. The molecule has 0 radical (unpaired) electrons. The molecule has 0 spiro atoms. The molecular weight excluding hydrogens is 762 g/mol. The van der Waals surface area contributed by atoms with Crippen LogP contribution in [0.3, 0.4) is 0 Å². The Morgan fingerprint density at radius 2 is 1.56 bits per heavy atom. The van der Waals surface area contributed by atoms with Crippen molar-refractivity contribution in [1.82, 2.24) is 34.0 Å². The van der Waals surface area contributed by atoms with E-state index >= 15 is 8.78 Å². The number of anilines is 1. The lowest BCUT2D eigenvalue weighted by atomic mass is 10.0. The van der Waals surface area contributed by atoms with Crippen LogP contribution in [0.25, 0.3) is 22.4 Å². The molecule has 4 amide bonds. The number of piperazine rings is 1. The van der Waals surface area contributed by atoms with Gasteiger partial charge < -0.3 is 34.1 Å². The van der Waals surface area contributed by atoms with Gasteiger partial charge in [-0.15, -0.1) is 0 Å². The number of imidazole rings is 1. The van der Waals surface area contributed by atoms with Crippen LogP contribution in [0, 0.1) is 36.3 Å². The van der Waals surface area contributed by atoms with Crippen molar-refractivity contribution in [1.29, 1.82) is 0 Å². The first-order valence-corrected chi connectivity index (χ1v) is 19.1. The number of carbonyl (C=O) groups excluding carboxylic acids is 4. The molecule has 7 rings (SSSR count). The van der Waals surface area contributed by atoms with Crippen molar-refractivity contribution in [2.75, 3.05) is 58.3 Å². The highest BCUT2D eigenvalue weighted by molar-refractivity contribution is 6.34. The number of ether oxygens (including phenoxy) is 2. The Balaban J connectivity index is 0.938. The zero-order valence-corrected chi connectivity index (χ0v) is 33.4. The fourth-order valence-corrected chi connectivity index (χ4v) is 8.03. The maximum Gasteiger partial charge on any atom is 0.410 e. The molecule has 1 aliphatic carbocycles. The van der Waals surface area contributed by atoms with Gasteiger partial charge in [-0.2, -0.15) is 5.10 Å². The Labute approximate surface area is 333 Å². The van der Waals surface area contributed by atoms with E-state index in [2.05, 4.69) is 15.4 Å². The molecule has 3 aliphatic rings. The van der Waals surface area contributed by atoms with Crippen LogP contribution in [-0.4, -0.2) is 116 Å². The van der Waals surface area contributed by atoms with Crippen molar-refractivity contribution in [2.45, 2.75) is 39.8 Å². The molecular formula is C40H45ClF2N8O6. The van der Waals surface area contributed by atoms with Gasteiger partial charge in [0.1, 0.15) is 5.60 Å². The summed E-state index contributed by atoms with van der Waals surface area (Å²) in [6, 6.07) is 7.42. The molecule has 2 aromatic heterocycles. The highest BCUT2D eigenvalue weighted by Crippen LogP contribution is 2.53. The molecule has 2 aliphatic heterocycles. The number of hydrogen-bond acceptors (Lipinski definition) is 8. The first-order chi connectivity index (χ1) is 27.1. The molecule has 2 saturated heterocycles. The average Bonchev–Trinajstić information content (AvgIpc) is 3.46. The largest absolute Gasteiger partial charge is 0.444 e. The van der Waals surface area contributed by atoms with Crippen molar-refractivity contribution >= 4 is 41.1 Å². The van der Waals surface area contributed by atoms with Gasteiger partial charge in [0.05, 0.1) is 41.8 Å². The SMILES string of the molecule is COCCn1ncc(-c2ccc(-c3cnc(C(=O)Nc4ccc(C(=O)N5CCN(C(=O)C6[C@H]7CN(C(=O)OC(C)(C)C)C[C@@H]67)CC5)c(Cl)c4)n3C)c(F)c2F)c1C. The molecule has 302 valence electrons. The van der Waals surface area contributed by atoms with Crippen LogP contribution in [0.2, 0.25) is 5.02 Å². The molecule has 17 heteroatoms. The van der Waals surface area contributed by atoms with Gasteiger partial charge in [0.2, 0.25) is 5.91 Å². The second-order valence-corrected chi connectivity index (χ2v) is 16.1. The monoisotopic (exact) mass is 806 g/mol. The zero-order chi connectivity index (χ0) is 40.9. The molecule has 4 heterocycles. The summed E-state index contributed by atoms with van der Waals surface area (Å²) in [5.74, 6) is -2.94. The maximum atomic E-state index is 15.6. The summed E-state index contributed by atoms with van der Waals surface area (Å²) in [6.45, 7) is 10.6. The van der Waals surface area contributed by atoms with Crippen molar-refractivity contribution < 1.29 is 37.4 Å². The van der Waals surface area contributed by atoms with E-state index in [0.29, 0.717) is 69.4 Å². The third kappa shape index (κ3) is 7.84. The minimum Gasteiger partial charge on any atom is -0.444 e. The first kappa shape index (κ1) is 39.9. The van der Waals surface area contributed by atoms with Crippen LogP contribution in [0.5, 0.6) is 0 Å². The molecule has 57 heavy (non-hydrogen) atoms. The number of benzene rings is 2. The van der Waals surface area contributed by atoms with Gasteiger partial charge in [-0.25, -0.2) is 18.6 Å². The third-order valence-corrected chi connectivity index (χ3v) is 11.2. The average molecular weight is 807 g/mol. The lowest BCUT2D eigenvalue weighted by molar-refractivity contribution is -0.135. The Morgan fingerprint density at radius 1 is 0.912 bits per heavy atom. The Kier molecular flexibility index (Phi) is 10.9. The second-order valence-electron chi connectivity index (χ2n) is 15.7. The molecule has 2 aromatic carbocycles. The van der Waals surface area contributed by atoms with Crippen LogP contribution < -0.4 is 5.32 Å². The third-order valence-electron chi connectivity index (χ3n) is 10.9. The second kappa shape index (κ2) is 15.5. The minimum atomic E-state index is -1.09. The molecule has 0 bridgehead atoms. The quantitative estimate of drug-likeness (QED) is 0.234. The molecule has 1 saturated carbocycles. The van der Waals surface area contributed by atoms with Crippen molar-refractivity contribution in [3.63, 3.8) is 0 Å². The molecule has 4 aromatic rings. The molecule has 1 N–H and O–H groups in total. The van der Waals surface area contributed by atoms with E-state index in [0.717, 1.165) is 0 Å². The zero-order valence-electron chi connectivity index (χ0n) is 32.6. The smallest absolute Gasteiger partial charge is 0.410 e. The molecule has 1 unspecified atom stereocenters. The number of carbonyl (C=O) groups is 4. The number of methoxy groups -OCH3 is 1. The van der Waals surface area contributed by atoms with Gasteiger partial charge in [0.15, 0.2) is 17.5 Å². The molecule has 3 atom stereocenters. The summed E-state index contributed by atoms with van der Waals surface area (Å²) in [4.78, 5) is 61.8. The first-order valence-electron chi connectivity index (χ1n) is 18.8. The van der Waals surface area contributed by atoms with Crippen molar-refractivity contribution in [3.8, 4) is 22.4 Å². The Hall–Kier alpha value is -5.35. The standard InChI is InChI=1S/C40H45ClF2N8O6/c1-22-27(18-45-51(22)15-16-56-6)24-9-10-26(34(43)33(24)42)31-19-44-35(47(31)5)36(52)46-23-7-8-25(30(41)17-23)37(53)48-11-13-49(14-12-48)38(54)32-28-20-50(21-29(28)32)39(55)57-40(2,3)4/h7-10,17-19,28-29,32H,11-16,20-21H2,1-6H3,(H,46,52)/t28-,29+,32?. The van der Waals surface area contributed by atoms with Gasteiger partial charge in [0.25, 0.3) is 11.8 Å². The van der Waals surface area contributed by atoms with E-state index < -0.39 is 23.1 Å².